The molecule has 0 fully saturated rings. The van der Waals surface area contributed by atoms with Crippen LogP contribution < -0.4 is 0 Å². The average molecular weight is 277 g/mol. The van der Waals surface area contributed by atoms with Crippen LogP contribution in [0.4, 0.5) is 0 Å². The Morgan fingerprint density at radius 1 is 1.39 bits per heavy atom. The number of esters is 1. The van der Waals surface area contributed by atoms with Crippen molar-refractivity contribution < 1.29 is 17.9 Å². The minimum atomic E-state index is -3.16. The van der Waals surface area contributed by atoms with Crippen molar-refractivity contribution in [1.82, 2.24) is 0 Å². The second-order valence-corrected chi connectivity index (χ2v) is 6.31. The Balaban J connectivity index is 4.01. The molecular weight excluding hydrogens is 258 g/mol. The highest BCUT2D eigenvalue weighted by atomic mass is 32.2. The Kier molecular flexibility index (Phi) is 8.15. The van der Waals surface area contributed by atoms with Crippen molar-refractivity contribution in [2.75, 3.05) is 18.6 Å². The van der Waals surface area contributed by atoms with Gasteiger partial charge in [0.25, 0.3) is 0 Å². The number of carbonyl (C=O) groups excluding carboxylic acids is 1. The monoisotopic (exact) mass is 277 g/mol. The molecule has 0 aromatic rings. The molecule has 0 spiro atoms. The van der Waals surface area contributed by atoms with E-state index in [-0.39, 0.29) is 5.75 Å². The number of hydrogen-bond donors (Lipinski definition) is 0. The summed E-state index contributed by atoms with van der Waals surface area (Å²) >= 11 is 0. The van der Waals surface area contributed by atoms with Crippen molar-refractivity contribution in [2.24, 2.45) is 5.11 Å². The van der Waals surface area contributed by atoms with Gasteiger partial charge in [-0.2, -0.15) is 0 Å². The summed E-state index contributed by atoms with van der Waals surface area (Å²) in [5.41, 5.74) is 8.07. The van der Waals surface area contributed by atoms with Crippen LogP contribution in [0.3, 0.4) is 0 Å². The molecule has 0 rings (SSSR count). The molecule has 0 heterocycles. The maximum atomic E-state index is 11.2. The number of hydrogen-bond acceptors (Lipinski definition) is 5. The predicted octanol–water partition coefficient (Wildman–Crippen LogP) is 1.83. The van der Waals surface area contributed by atoms with Crippen molar-refractivity contribution in [2.45, 2.75) is 38.7 Å². The normalized spacial score (nSPS) is 12.6. The average Bonchev–Trinajstić information content (AvgIpc) is 2.19. The molecule has 18 heavy (non-hydrogen) atoms. The molecule has 0 aliphatic carbocycles. The van der Waals surface area contributed by atoms with Crippen LogP contribution in [-0.2, 0) is 19.4 Å². The molecule has 0 aliphatic heterocycles. The predicted molar refractivity (Wildman–Crippen MR) is 67.7 cm³/mol. The van der Waals surface area contributed by atoms with Gasteiger partial charge in [0.1, 0.15) is 6.10 Å². The van der Waals surface area contributed by atoms with Gasteiger partial charge in [0, 0.05) is 24.6 Å². The summed E-state index contributed by atoms with van der Waals surface area (Å²) in [5, 5.41) is 3.40. The van der Waals surface area contributed by atoms with E-state index in [0.717, 1.165) is 25.5 Å². The second-order valence-electron chi connectivity index (χ2n) is 4.13. The zero-order valence-electron chi connectivity index (χ0n) is 10.7. The highest BCUT2D eigenvalue weighted by Crippen LogP contribution is 2.09. The van der Waals surface area contributed by atoms with Gasteiger partial charge in [-0.3, -0.25) is 4.79 Å². The molecule has 0 aliphatic rings. The van der Waals surface area contributed by atoms with Gasteiger partial charge in [-0.05, 0) is 24.8 Å². The molecule has 0 N–H and O–H groups in total. The Morgan fingerprint density at radius 3 is 2.56 bits per heavy atom. The Labute approximate surface area is 107 Å². The number of ether oxygens (including phenoxy) is 1. The number of carbonyl (C=O) groups is 1. The maximum Gasteiger partial charge on any atom is 0.302 e. The Morgan fingerprint density at radius 2 is 2.06 bits per heavy atom. The topological polar surface area (TPSA) is 109 Å². The Hall–Kier alpha value is -1.27. The van der Waals surface area contributed by atoms with E-state index in [9.17, 15) is 13.2 Å². The van der Waals surface area contributed by atoms with Crippen molar-refractivity contribution >= 4 is 15.8 Å². The number of rotatable bonds is 9. The molecule has 0 saturated heterocycles. The third kappa shape index (κ3) is 11.2. The van der Waals surface area contributed by atoms with E-state index in [1.165, 1.54) is 6.92 Å². The molecule has 104 valence electrons. The first-order chi connectivity index (χ1) is 8.35. The van der Waals surface area contributed by atoms with Gasteiger partial charge in [0.2, 0.25) is 0 Å². The fourth-order valence-electron chi connectivity index (χ4n) is 1.52. The molecule has 0 radical (unpaired) electrons. The second kappa shape index (κ2) is 8.77. The van der Waals surface area contributed by atoms with Crippen LogP contribution in [0.25, 0.3) is 10.4 Å². The zero-order valence-corrected chi connectivity index (χ0v) is 11.5. The van der Waals surface area contributed by atoms with E-state index in [0.29, 0.717) is 13.0 Å². The van der Waals surface area contributed by atoms with Crippen LogP contribution in [0.15, 0.2) is 5.11 Å². The molecule has 0 bridgehead atoms. The third-order valence-corrected chi connectivity index (χ3v) is 3.15. The summed E-state index contributed by atoms with van der Waals surface area (Å²) in [6.07, 6.45) is 3.32. The zero-order chi connectivity index (χ0) is 14.0. The van der Waals surface area contributed by atoms with Crippen LogP contribution in [0.2, 0.25) is 0 Å². The van der Waals surface area contributed by atoms with Crippen LogP contribution >= 0.6 is 0 Å². The van der Waals surface area contributed by atoms with Gasteiger partial charge in [-0.1, -0.05) is 11.5 Å². The third-order valence-electron chi connectivity index (χ3n) is 2.17. The summed E-state index contributed by atoms with van der Waals surface area (Å²) in [5.74, 6) is -0.624. The van der Waals surface area contributed by atoms with E-state index in [2.05, 4.69) is 10.0 Å². The number of sulfone groups is 1. The van der Waals surface area contributed by atoms with Crippen molar-refractivity contribution in [3.63, 3.8) is 0 Å². The van der Waals surface area contributed by atoms with Crippen molar-refractivity contribution in [3.8, 4) is 0 Å². The minimum absolute atomic E-state index is 0.150. The summed E-state index contributed by atoms with van der Waals surface area (Å²) in [6.45, 7) is 1.69. The first-order valence-corrected chi connectivity index (χ1v) is 7.77. The molecule has 1 unspecified atom stereocenters. The van der Waals surface area contributed by atoms with E-state index < -0.39 is 21.9 Å². The standard InChI is InChI=1S/C10H19N3O4S/c1-9(14)17-10(8-18(2,15)16)6-4-3-5-7-12-13-11/h10H,3-8H2,1-2H3. The lowest BCUT2D eigenvalue weighted by Gasteiger charge is -2.15. The Bertz CT molecular complexity index is 401. The van der Waals surface area contributed by atoms with Crippen LogP contribution in [-0.4, -0.2) is 39.0 Å². The van der Waals surface area contributed by atoms with Gasteiger partial charge < -0.3 is 4.74 Å². The summed E-state index contributed by atoms with van der Waals surface area (Å²) in [6, 6.07) is 0. The number of unbranched alkanes of at least 4 members (excludes halogenated alkanes) is 2. The molecule has 0 aromatic carbocycles. The lowest BCUT2D eigenvalue weighted by molar-refractivity contribution is -0.145. The molecule has 0 aromatic heterocycles. The molecule has 7 nitrogen and oxygen atoms in total. The SMILES string of the molecule is CC(=O)OC(CCCCCN=[N+]=[N-])CS(C)(=O)=O. The smallest absolute Gasteiger partial charge is 0.302 e. The molecular formula is C10H19N3O4S. The first kappa shape index (κ1) is 16.7. The van der Waals surface area contributed by atoms with Gasteiger partial charge in [-0.15, -0.1) is 0 Å². The lowest BCUT2D eigenvalue weighted by Crippen LogP contribution is -2.25. The maximum absolute atomic E-state index is 11.2. The van der Waals surface area contributed by atoms with Gasteiger partial charge in [-0.25, -0.2) is 8.42 Å². The fraction of sp³-hybridized carbons (Fsp3) is 0.900. The van der Waals surface area contributed by atoms with Crippen LogP contribution in [0.5, 0.6) is 0 Å². The summed E-state index contributed by atoms with van der Waals surface area (Å²) in [7, 11) is -3.16. The molecule has 8 heteroatoms. The largest absolute Gasteiger partial charge is 0.461 e. The highest BCUT2D eigenvalue weighted by Gasteiger charge is 2.17. The fourth-order valence-corrected chi connectivity index (χ4v) is 2.43. The molecule has 1 atom stereocenters. The lowest BCUT2D eigenvalue weighted by atomic mass is 10.1. The summed E-state index contributed by atoms with van der Waals surface area (Å²) in [4.78, 5) is 13.5. The first-order valence-electron chi connectivity index (χ1n) is 5.71. The minimum Gasteiger partial charge on any atom is -0.461 e. The molecule has 0 saturated carbocycles. The van der Waals surface area contributed by atoms with E-state index >= 15 is 0 Å². The van der Waals surface area contributed by atoms with E-state index in [1.54, 1.807) is 0 Å². The van der Waals surface area contributed by atoms with E-state index in [4.69, 9.17) is 10.3 Å². The van der Waals surface area contributed by atoms with Crippen LogP contribution in [0.1, 0.15) is 32.6 Å². The quantitative estimate of drug-likeness (QED) is 0.210. The van der Waals surface area contributed by atoms with Crippen molar-refractivity contribution in [3.05, 3.63) is 10.4 Å². The molecule has 0 amide bonds. The van der Waals surface area contributed by atoms with Gasteiger partial charge in [0.15, 0.2) is 9.84 Å². The van der Waals surface area contributed by atoms with E-state index in [1.807, 2.05) is 0 Å². The van der Waals surface area contributed by atoms with Gasteiger partial charge >= 0.3 is 5.97 Å². The number of azide groups is 1. The van der Waals surface area contributed by atoms with Crippen molar-refractivity contribution in [1.29, 1.82) is 0 Å². The van der Waals surface area contributed by atoms with Gasteiger partial charge in [0.05, 0.1) is 5.75 Å². The number of nitrogens with zero attached hydrogens (tertiary/aromatic N) is 3. The van der Waals surface area contributed by atoms with Crippen LogP contribution in [0, 0.1) is 0 Å². The summed E-state index contributed by atoms with van der Waals surface area (Å²) < 4.78 is 27.3. The highest BCUT2D eigenvalue weighted by molar-refractivity contribution is 7.90.